The number of hydrogen-bond donors (Lipinski definition) is 1. The van der Waals surface area contributed by atoms with E-state index in [1.807, 2.05) is 12.1 Å². The Labute approximate surface area is 146 Å². The average Bonchev–Trinajstić information content (AvgIpc) is 3.13. The molecular formula is C17H22N6O2. The number of pyridine rings is 1. The molecule has 1 unspecified atom stereocenters. The summed E-state index contributed by atoms with van der Waals surface area (Å²) < 4.78 is 6.99. The van der Waals surface area contributed by atoms with Gasteiger partial charge in [-0.2, -0.15) is 0 Å². The Morgan fingerprint density at radius 2 is 2.20 bits per heavy atom. The van der Waals surface area contributed by atoms with Gasteiger partial charge in [-0.05, 0) is 31.4 Å². The monoisotopic (exact) mass is 342 g/mol. The van der Waals surface area contributed by atoms with E-state index in [1.165, 1.54) is 0 Å². The van der Waals surface area contributed by atoms with Crippen LogP contribution in [0, 0.1) is 0 Å². The van der Waals surface area contributed by atoms with E-state index in [4.69, 9.17) is 4.74 Å². The van der Waals surface area contributed by atoms with Gasteiger partial charge in [-0.3, -0.25) is 14.7 Å². The van der Waals surface area contributed by atoms with Crippen LogP contribution in [0.3, 0.4) is 0 Å². The highest BCUT2D eigenvalue weighted by Crippen LogP contribution is 2.25. The molecule has 4 rings (SSSR count). The van der Waals surface area contributed by atoms with Crippen molar-refractivity contribution in [3.63, 3.8) is 0 Å². The van der Waals surface area contributed by atoms with E-state index in [9.17, 15) is 4.79 Å². The number of carbonyl (C=O) groups is 1. The standard InChI is InChI=1S/C17H22N6O2/c24-17(16-12-23(21-20-16)15-2-1-6-18-10-15)19-11-14-3-7-22(14)13-4-8-25-9-5-13/h1-2,6,10,12-14H,3-5,7-9,11H2,(H,19,24). The van der Waals surface area contributed by atoms with Crippen LogP contribution in [-0.2, 0) is 4.74 Å². The Kier molecular flexibility index (Phi) is 4.71. The Bertz CT molecular complexity index is 713. The molecular weight excluding hydrogens is 320 g/mol. The molecule has 2 aliphatic heterocycles. The lowest BCUT2D eigenvalue weighted by molar-refractivity contribution is -0.0222. The molecule has 2 aromatic heterocycles. The normalized spacial score (nSPS) is 21.7. The van der Waals surface area contributed by atoms with Gasteiger partial charge in [-0.15, -0.1) is 5.10 Å². The molecule has 0 aromatic carbocycles. The number of amides is 1. The summed E-state index contributed by atoms with van der Waals surface area (Å²) >= 11 is 0. The maximum absolute atomic E-state index is 12.3. The van der Waals surface area contributed by atoms with Crippen molar-refractivity contribution in [1.82, 2.24) is 30.2 Å². The van der Waals surface area contributed by atoms with E-state index in [0.29, 0.717) is 24.3 Å². The molecule has 0 bridgehead atoms. The molecule has 25 heavy (non-hydrogen) atoms. The lowest BCUT2D eigenvalue weighted by Crippen LogP contribution is -2.58. The first-order valence-electron chi connectivity index (χ1n) is 8.76. The molecule has 8 nitrogen and oxygen atoms in total. The van der Waals surface area contributed by atoms with Crippen molar-refractivity contribution in [3.05, 3.63) is 36.4 Å². The number of aromatic nitrogens is 4. The van der Waals surface area contributed by atoms with Crippen molar-refractivity contribution in [3.8, 4) is 5.69 Å². The largest absolute Gasteiger partial charge is 0.381 e. The van der Waals surface area contributed by atoms with Gasteiger partial charge in [0.1, 0.15) is 0 Å². The van der Waals surface area contributed by atoms with Gasteiger partial charge >= 0.3 is 0 Å². The first-order valence-corrected chi connectivity index (χ1v) is 8.76. The first-order chi connectivity index (χ1) is 12.3. The minimum atomic E-state index is -0.186. The van der Waals surface area contributed by atoms with Gasteiger partial charge in [-0.25, -0.2) is 4.68 Å². The molecule has 0 spiro atoms. The topological polar surface area (TPSA) is 85.2 Å². The van der Waals surface area contributed by atoms with Crippen molar-refractivity contribution in [1.29, 1.82) is 0 Å². The molecule has 8 heteroatoms. The van der Waals surface area contributed by atoms with Crippen LogP contribution >= 0.6 is 0 Å². The highest BCUT2D eigenvalue weighted by molar-refractivity contribution is 5.91. The van der Waals surface area contributed by atoms with Gasteiger partial charge in [0, 0.05) is 44.6 Å². The van der Waals surface area contributed by atoms with Crippen LogP contribution in [0.5, 0.6) is 0 Å². The molecule has 2 aliphatic rings. The van der Waals surface area contributed by atoms with Gasteiger partial charge < -0.3 is 10.1 Å². The molecule has 132 valence electrons. The summed E-state index contributed by atoms with van der Waals surface area (Å²) in [5, 5.41) is 11.0. The van der Waals surface area contributed by atoms with Crippen LogP contribution in [0.1, 0.15) is 29.8 Å². The number of ether oxygens (including phenoxy) is 1. The van der Waals surface area contributed by atoms with Crippen LogP contribution < -0.4 is 5.32 Å². The molecule has 0 aliphatic carbocycles. The summed E-state index contributed by atoms with van der Waals surface area (Å²) in [6.07, 6.45) is 8.30. The first kappa shape index (κ1) is 16.2. The SMILES string of the molecule is O=C(NCC1CCN1C1CCOCC1)c1cn(-c2cccnc2)nn1. The predicted molar refractivity (Wildman–Crippen MR) is 90.4 cm³/mol. The maximum atomic E-state index is 12.3. The summed E-state index contributed by atoms with van der Waals surface area (Å²) in [5.74, 6) is -0.186. The fourth-order valence-electron chi connectivity index (χ4n) is 3.46. The fraction of sp³-hybridized carbons (Fsp3) is 0.529. The number of rotatable bonds is 5. The number of carbonyl (C=O) groups excluding carboxylic acids is 1. The van der Waals surface area contributed by atoms with Gasteiger partial charge in [0.25, 0.3) is 5.91 Å². The molecule has 2 aromatic rings. The van der Waals surface area contributed by atoms with E-state index in [2.05, 4.69) is 25.5 Å². The van der Waals surface area contributed by atoms with Crippen molar-refractivity contribution >= 4 is 5.91 Å². The Morgan fingerprint density at radius 1 is 1.32 bits per heavy atom. The van der Waals surface area contributed by atoms with Crippen LogP contribution in [0.2, 0.25) is 0 Å². The van der Waals surface area contributed by atoms with Crippen LogP contribution in [0.4, 0.5) is 0 Å². The molecule has 2 fully saturated rings. The predicted octanol–water partition coefficient (Wildman–Crippen LogP) is 0.645. The van der Waals surface area contributed by atoms with Crippen LogP contribution in [0.25, 0.3) is 5.69 Å². The minimum absolute atomic E-state index is 0.186. The van der Waals surface area contributed by atoms with Crippen LogP contribution in [0.15, 0.2) is 30.7 Å². The van der Waals surface area contributed by atoms with E-state index < -0.39 is 0 Å². The molecule has 1 amide bonds. The Balaban J connectivity index is 1.31. The van der Waals surface area contributed by atoms with Gasteiger partial charge in [0.15, 0.2) is 5.69 Å². The smallest absolute Gasteiger partial charge is 0.273 e. The zero-order valence-corrected chi connectivity index (χ0v) is 14.0. The second-order valence-electron chi connectivity index (χ2n) is 6.49. The molecule has 2 saturated heterocycles. The van der Waals surface area contributed by atoms with Gasteiger partial charge in [0.05, 0.1) is 18.1 Å². The van der Waals surface area contributed by atoms with E-state index >= 15 is 0 Å². The zero-order valence-electron chi connectivity index (χ0n) is 14.0. The third-order valence-corrected chi connectivity index (χ3v) is 4.98. The second kappa shape index (κ2) is 7.28. The quantitative estimate of drug-likeness (QED) is 0.859. The highest BCUT2D eigenvalue weighted by Gasteiger charge is 2.34. The summed E-state index contributed by atoms with van der Waals surface area (Å²) in [6.45, 7) is 3.45. The number of hydrogen-bond acceptors (Lipinski definition) is 6. The Hall–Kier alpha value is -2.32. The van der Waals surface area contributed by atoms with Gasteiger partial charge in [-0.1, -0.05) is 5.21 Å². The van der Waals surface area contributed by atoms with Crippen molar-refractivity contribution in [2.75, 3.05) is 26.3 Å². The van der Waals surface area contributed by atoms with Crippen molar-refractivity contribution < 1.29 is 9.53 Å². The molecule has 0 radical (unpaired) electrons. The average molecular weight is 342 g/mol. The third kappa shape index (κ3) is 3.54. The Morgan fingerprint density at radius 3 is 2.92 bits per heavy atom. The van der Waals surface area contributed by atoms with Crippen molar-refractivity contribution in [2.24, 2.45) is 0 Å². The highest BCUT2D eigenvalue weighted by atomic mass is 16.5. The molecule has 1 N–H and O–H groups in total. The van der Waals surface area contributed by atoms with Crippen molar-refractivity contribution in [2.45, 2.75) is 31.3 Å². The summed E-state index contributed by atoms with van der Waals surface area (Å²) in [7, 11) is 0. The van der Waals surface area contributed by atoms with Crippen LogP contribution in [-0.4, -0.2) is 69.2 Å². The number of nitrogens with one attached hydrogen (secondary N) is 1. The van der Waals surface area contributed by atoms with E-state index in [-0.39, 0.29) is 5.91 Å². The number of likely N-dealkylation sites (tertiary alicyclic amines) is 1. The molecule has 4 heterocycles. The maximum Gasteiger partial charge on any atom is 0.273 e. The summed E-state index contributed by atoms with van der Waals surface area (Å²) in [4.78, 5) is 18.9. The lowest BCUT2D eigenvalue weighted by atomic mass is 9.95. The van der Waals surface area contributed by atoms with E-state index in [1.54, 1.807) is 23.3 Å². The number of nitrogens with zero attached hydrogens (tertiary/aromatic N) is 5. The fourth-order valence-corrected chi connectivity index (χ4v) is 3.46. The summed E-state index contributed by atoms with van der Waals surface area (Å²) in [6, 6.07) is 4.69. The second-order valence-corrected chi connectivity index (χ2v) is 6.49. The van der Waals surface area contributed by atoms with Gasteiger partial charge in [0.2, 0.25) is 0 Å². The lowest BCUT2D eigenvalue weighted by Gasteiger charge is -2.47. The molecule has 0 saturated carbocycles. The third-order valence-electron chi connectivity index (χ3n) is 4.98. The minimum Gasteiger partial charge on any atom is -0.381 e. The zero-order chi connectivity index (χ0) is 17.1. The molecule has 1 atom stereocenters. The summed E-state index contributed by atoms with van der Waals surface area (Å²) in [5.41, 5.74) is 1.10. The van der Waals surface area contributed by atoms with E-state index in [0.717, 1.165) is 44.7 Å².